The van der Waals surface area contributed by atoms with Crippen molar-refractivity contribution in [2.45, 2.75) is 43.0 Å². The minimum absolute atomic E-state index is 0.167. The highest BCUT2D eigenvalue weighted by atomic mass is 32.2. The van der Waals surface area contributed by atoms with E-state index >= 15 is 0 Å². The van der Waals surface area contributed by atoms with Gasteiger partial charge in [-0.2, -0.15) is 15.0 Å². The number of aliphatic hydroxyl groups is 1. The third-order valence-corrected chi connectivity index (χ3v) is 4.24. The third-order valence-electron chi connectivity index (χ3n) is 3.21. The maximum Gasteiger partial charge on any atom is 0.242 e. The van der Waals surface area contributed by atoms with Gasteiger partial charge < -0.3 is 10.0 Å². The molecule has 1 aliphatic rings. The standard InChI is InChI=1S/C12H22N6OS/c1-9(5-8-19)20-12-15-10(17-13)14-11(16-12)18-6-3-2-4-7-18/h9,19H,2-8,13H2,1H3,(H,14,15,16,17). The first kappa shape index (κ1) is 15.3. The van der Waals surface area contributed by atoms with E-state index in [1.165, 1.54) is 31.0 Å². The van der Waals surface area contributed by atoms with Gasteiger partial charge in [-0.25, -0.2) is 5.84 Å². The molecular weight excluding hydrogens is 276 g/mol. The number of nitrogen functional groups attached to an aromatic ring is 1. The Morgan fingerprint density at radius 1 is 1.30 bits per heavy atom. The Balaban J connectivity index is 2.14. The van der Waals surface area contributed by atoms with Gasteiger partial charge >= 0.3 is 0 Å². The van der Waals surface area contributed by atoms with E-state index in [9.17, 15) is 0 Å². The van der Waals surface area contributed by atoms with Gasteiger partial charge in [-0.1, -0.05) is 18.7 Å². The lowest BCUT2D eigenvalue weighted by atomic mass is 10.1. The molecule has 1 aliphatic heterocycles. The van der Waals surface area contributed by atoms with E-state index in [0.29, 0.717) is 23.5 Å². The zero-order chi connectivity index (χ0) is 14.4. The zero-order valence-electron chi connectivity index (χ0n) is 11.7. The highest BCUT2D eigenvalue weighted by molar-refractivity contribution is 7.99. The minimum Gasteiger partial charge on any atom is -0.396 e. The monoisotopic (exact) mass is 298 g/mol. The summed E-state index contributed by atoms with van der Waals surface area (Å²) in [6.45, 7) is 4.16. The van der Waals surface area contributed by atoms with Gasteiger partial charge in [-0.05, 0) is 25.7 Å². The maximum atomic E-state index is 8.97. The summed E-state index contributed by atoms with van der Waals surface area (Å²) in [5.74, 6) is 6.51. The van der Waals surface area contributed by atoms with Crippen LogP contribution in [0.15, 0.2) is 5.16 Å². The van der Waals surface area contributed by atoms with Gasteiger partial charge in [0, 0.05) is 24.9 Å². The summed E-state index contributed by atoms with van der Waals surface area (Å²) in [6.07, 6.45) is 4.31. The second-order valence-corrected chi connectivity index (χ2v) is 6.28. The molecule has 2 rings (SSSR count). The fourth-order valence-corrected chi connectivity index (χ4v) is 2.98. The molecule has 1 fully saturated rings. The van der Waals surface area contributed by atoms with Crippen LogP contribution in [0.3, 0.4) is 0 Å². The fraction of sp³-hybridized carbons (Fsp3) is 0.750. The molecule has 1 saturated heterocycles. The van der Waals surface area contributed by atoms with Crippen molar-refractivity contribution in [3.63, 3.8) is 0 Å². The normalized spacial score (nSPS) is 17.1. The van der Waals surface area contributed by atoms with E-state index in [0.717, 1.165) is 13.1 Å². The highest BCUT2D eigenvalue weighted by Crippen LogP contribution is 2.25. The van der Waals surface area contributed by atoms with Crippen molar-refractivity contribution < 1.29 is 5.11 Å². The molecule has 0 aliphatic carbocycles. The van der Waals surface area contributed by atoms with Crippen LogP contribution in [0, 0.1) is 0 Å². The van der Waals surface area contributed by atoms with Gasteiger partial charge in [-0.15, -0.1) is 0 Å². The number of nitrogens with zero attached hydrogens (tertiary/aromatic N) is 4. The Morgan fingerprint density at radius 3 is 2.70 bits per heavy atom. The zero-order valence-corrected chi connectivity index (χ0v) is 12.6. The topological polar surface area (TPSA) is 100 Å². The van der Waals surface area contributed by atoms with Crippen LogP contribution in [0.2, 0.25) is 0 Å². The lowest BCUT2D eigenvalue weighted by molar-refractivity contribution is 0.289. The molecule has 7 nitrogen and oxygen atoms in total. The Bertz CT molecular complexity index is 426. The van der Waals surface area contributed by atoms with Gasteiger partial charge in [0.05, 0.1) is 0 Å². The van der Waals surface area contributed by atoms with Crippen molar-refractivity contribution in [2.75, 3.05) is 30.0 Å². The van der Waals surface area contributed by atoms with Crippen LogP contribution >= 0.6 is 11.8 Å². The summed E-state index contributed by atoms with van der Waals surface area (Å²) in [5, 5.41) is 9.87. The molecule has 112 valence electrons. The third kappa shape index (κ3) is 4.19. The van der Waals surface area contributed by atoms with Crippen molar-refractivity contribution in [1.29, 1.82) is 0 Å². The highest BCUT2D eigenvalue weighted by Gasteiger charge is 2.17. The van der Waals surface area contributed by atoms with E-state index in [-0.39, 0.29) is 11.9 Å². The maximum absolute atomic E-state index is 8.97. The molecule has 0 amide bonds. The molecule has 1 aromatic rings. The quantitative estimate of drug-likeness (QED) is 0.406. The average Bonchev–Trinajstić information content (AvgIpc) is 2.48. The number of hydrogen-bond donors (Lipinski definition) is 3. The first-order chi connectivity index (χ1) is 9.72. The molecule has 1 atom stereocenters. The van der Waals surface area contributed by atoms with Crippen molar-refractivity contribution in [2.24, 2.45) is 5.84 Å². The summed E-state index contributed by atoms with van der Waals surface area (Å²) in [5.41, 5.74) is 2.50. The van der Waals surface area contributed by atoms with Crippen molar-refractivity contribution in [3.8, 4) is 0 Å². The predicted molar refractivity (Wildman–Crippen MR) is 80.7 cm³/mol. The SMILES string of the molecule is CC(CCO)Sc1nc(NN)nc(N2CCCCC2)n1. The van der Waals surface area contributed by atoms with Crippen molar-refractivity contribution in [1.82, 2.24) is 15.0 Å². The number of hydrogen-bond acceptors (Lipinski definition) is 8. The molecule has 1 aromatic heterocycles. The number of anilines is 2. The smallest absolute Gasteiger partial charge is 0.242 e. The first-order valence-electron chi connectivity index (χ1n) is 6.98. The average molecular weight is 298 g/mol. The summed E-state index contributed by atoms with van der Waals surface area (Å²) in [7, 11) is 0. The first-order valence-corrected chi connectivity index (χ1v) is 7.86. The van der Waals surface area contributed by atoms with Crippen LogP contribution in [0.1, 0.15) is 32.6 Å². The van der Waals surface area contributed by atoms with Crippen LogP contribution in [-0.2, 0) is 0 Å². The minimum atomic E-state index is 0.167. The lowest BCUT2D eigenvalue weighted by Crippen LogP contribution is -2.31. The summed E-state index contributed by atoms with van der Waals surface area (Å²) < 4.78 is 0. The van der Waals surface area contributed by atoms with Gasteiger partial charge in [0.15, 0.2) is 5.16 Å². The Morgan fingerprint density at radius 2 is 2.05 bits per heavy atom. The molecule has 20 heavy (non-hydrogen) atoms. The number of nitrogens with one attached hydrogen (secondary N) is 1. The van der Waals surface area contributed by atoms with Crippen molar-refractivity contribution >= 4 is 23.7 Å². The predicted octanol–water partition coefficient (Wildman–Crippen LogP) is 1.01. The molecular formula is C12H22N6OS. The molecule has 2 heterocycles. The number of nitrogens with two attached hydrogens (primary N) is 1. The molecule has 0 bridgehead atoms. The van der Waals surface area contributed by atoms with Crippen LogP contribution in [-0.4, -0.2) is 45.0 Å². The van der Waals surface area contributed by atoms with Crippen LogP contribution in [0.4, 0.5) is 11.9 Å². The van der Waals surface area contributed by atoms with Gasteiger partial charge in [0.2, 0.25) is 11.9 Å². The molecule has 0 aromatic carbocycles. The van der Waals surface area contributed by atoms with Crippen LogP contribution in [0.25, 0.3) is 0 Å². The van der Waals surface area contributed by atoms with Crippen LogP contribution < -0.4 is 16.2 Å². The second kappa shape index (κ2) is 7.61. The van der Waals surface area contributed by atoms with E-state index < -0.39 is 0 Å². The molecule has 8 heteroatoms. The number of aromatic nitrogens is 3. The Hall–Kier alpha value is -1.12. The molecule has 0 radical (unpaired) electrons. The van der Waals surface area contributed by atoms with Gasteiger partial charge in [-0.3, -0.25) is 5.43 Å². The number of rotatable bonds is 6. The van der Waals surface area contributed by atoms with E-state index in [2.05, 4.69) is 25.3 Å². The molecule has 0 spiro atoms. The second-order valence-electron chi connectivity index (χ2n) is 4.87. The molecule has 1 unspecified atom stereocenters. The summed E-state index contributed by atoms with van der Waals surface area (Å²) in [6, 6.07) is 0. The number of hydrazine groups is 1. The Kier molecular flexibility index (Phi) is 5.81. The van der Waals surface area contributed by atoms with Gasteiger partial charge in [0.1, 0.15) is 0 Å². The number of aliphatic hydroxyl groups excluding tert-OH is 1. The van der Waals surface area contributed by atoms with Gasteiger partial charge in [0.25, 0.3) is 0 Å². The fourth-order valence-electron chi connectivity index (χ4n) is 2.12. The largest absolute Gasteiger partial charge is 0.396 e. The van der Waals surface area contributed by atoms with E-state index in [1.54, 1.807) is 0 Å². The van der Waals surface area contributed by atoms with E-state index in [1.807, 2.05) is 6.92 Å². The summed E-state index contributed by atoms with van der Waals surface area (Å²) >= 11 is 1.53. The van der Waals surface area contributed by atoms with E-state index in [4.69, 9.17) is 10.9 Å². The summed E-state index contributed by atoms with van der Waals surface area (Å²) in [4.78, 5) is 15.3. The van der Waals surface area contributed by atoms with Crippen molar-refractivity contribution in [3.05, 3.63) is 0 Å². The number of piperidine rings is 1. The van der Waals surface area contributed by atoms with Crippen LogP contribution in [0.5, 0.6) is 0 Å². The lowest BCUT2D eigenvalue weighted by Gasteiger charge is -2.26. The number of thioether (sulfide) groups is 1. The molecule has 0 saturated carbocycles. The molecule has 4 N–H and O–H groups in total. The Labute approximate surface area is 123 Å².